The van der Waals surface area contributed by atoms with Crippen molar-refractivity contribution < 1.29 is 4.74 Å². The first kappa shape index (κ1) is 33.2. The first-order chi connectivity index (χ1) is 27.8. The van der Waals surface area contributed by atoms with Gasteiger partial charge in [-0.15, -0.1) is 0 Å². The number of ether oxygens (including phenoxy) is 1. The Balaban J connectivity index is 1.04. The molecule has 10 rings (SSSR count). The molecule has 9 aromatic rings. The lowest BCUT2D eigenvalue weighted by Crippen LogP contribution is -2.09. The molecule has 2 nitrogen and oxygen atoms in total. The lowest BCUT2D eigenvalue weighted by Gasteiger charge is -2.26. The summed E-state index contributed by atoms with van der Waals surface area (Å²) < 4.78 is 6.96. The van der Waals surface area contributed by atoms with E-state index in [4.69, 9.17) is 4.74 Å². The number of nitrogens with zero attached hydrogens (tertiary/aromatic N) is 1. The Hall–Kier alpha value is -7.42. The van der Waals surface area contributed by atoms with Gasteiger partial charge in [0, 0.05) is 33.8 Å². The zero-order chi connectivity index (χ0) is 37.3. The van der Waals surface area contributed by atoms with Crippen LogP contribution in [0, 0.1) is 0 Å². The molecule has 264 valence electrons. The Morgan fingerprint density at radius 2 is 0.625 bits per heavy atom. The summed E-state index contributed by atoms with van der Waals surface area (Å²) in [7, 11) is 0. The average molecular weight is 716 g/mol. The smallest absolute Gasteiger partial charge is 0.143 e. The molecule has 0 unspecified atom stereocenters. The molecule has 0 saturated carbocycles. The number of fused-ring (bicyclic) bond motifs is 5. The van der Waals surface area contributed by atoms with Crippen molar-refractivity contribution in [3.8, 4) is 78.3 Å². The maximum atomic E-state index is 6.96. The quantitative estimate of drug-likeness (QED) is 0.163. The normalized spacial score (nSPS) is 11.4. The van der Waals surface area contributed by atoms with Gasteiger partial charge in [-0.1, -0.05) is 176 Å². The van der Waals surface area contributed by atoms with E-state index < -0.39 is 0 Å². The number of rotatable bonds is 7. The average Bonchev–Trinajstić information content (AvgIpc) is 3.42. The van der Waals surface area contributed by atoms with E-state index in [9.17, 15) is 0 Å². The molecule has 1 aliphatic rings. The fraction of sp³-hybridized carbons (Fsp3) is 0. The molecule has 56 heavy (non-hydrogen) atoms. The molecule has 1 aliphatic heterocycles. The van der Waals surface area contributed by atoms with Crippen molar-refractivity contribution in [2.45, 2.75) is 0 Å². The topological polar surface area (TPSA) is 12.5 Å². The van der Waals surface area contributed by atoms with Crippen molar-refractivity contribution in [1.29, 1.82) is 0 Å². The highest BCUT2D eigenvalue weighted by atomic mass is 16.5. The fourth-order valence-electron chi connectivity index (χ4n) is 7.89. The summed E-state index contributed by atoms with van der Waals surface area (Å²) in [4.78, 5) is 2.33. The molecule has 0 fully saturated rings. The van der Waals surface area contributed by atoms with Crippen LogP contribution in [0.1, 0.15) is 0 Å². The molecule has 2 heteroatoms. The van der Waals surface area contributed by atoms with Crippen molar-refractivity contribution in [2.24, 2.45) is 0 Å². The van der Waals surface area contributed by atoms with Crippen LogP contribution in [0.2, 0.25) is 0 Å². The summed E-state index contributed by atoms with van der Waals surface area (Å²) in [6.07, 6.45) is 0. The van der Waals surface area contributed by atoms with Gasteiger partial charge in [0.1, 0.15) is 11.5 Å². The van der Waals surface area contributed by atoms with Crippen LogP contribution in [0.5, 0.6) is 11.5 Å². The summed E-state index contributed by atoms with van der Waals surface area (Å²) in [5, 5.41) is 0. The Kier molecular flexibility index (Phi) is 8.55. The van der Waals surface area contributed by atoms with Gasteiger partial charge in [-0.25, -0.2) is 0 Å². The standard InChI is InChI=1S/C54H37NO/c1-4-13-38(14-5-1)41-23-30-45(31-24-41)55(46-32-25-42(26-33-46)39-15-6-2-7-16-39)47-34-27-43(28-35-47)48-21-12-22-51-49-19-10-11-20-50(49)52-37-44(40-17-8-3-9-18-40)29-36-53(52)56-54(48)51/h1-37H. The third-order valence-corrected chi connectivity index (χ3v) is 10.7. The second kappa shape index (κ2) is 14.4. The maximum Gasteiger partial charge on any atom is 0.143 e. The molecular formula is C54H37NO. The summed E-state index contributed by atoms with van der Waals surface area (Å²) in [6, 6.07) is 79.8. The Morgan fingerprint density at radius 1 is 0.250 bits per heavy atom. The van der Waals surface area contributed by atoms with Crippen molar-refractivity contribution in [3.63, 3.8) is 0 Å². The molecule has 0 atom stereocenters. The lowest BCUT2D eigenvalue weighted by atomic mass is 9.91. The van der Waals surface area contributed by atoms with E-state index in [1.165, 1.54) is 38.9 Å². The molecule has 0 N–H and O–H groups in total. The molecule has 0 radical (unpaired) electrons. The van der Waals surface area contributed by atoms with Gasteiger partial charge in [0.2, 0.25) is 0 Å². The predicted molar refractivity (Wildman–Crippen MR) is 234 cm³/mol. The first-order valence-electron chi connectivity index (χ1n) is 19.1. The fourth-order valence-corrected chi connectivity index (χ4v) is 7.89. The van der Waals surface area contributed by atoms with Crippen molar-refractivity contribution >= 4 is 17.1 Å². The van der Waals surface area contributed by atoms with Crippen LogP contribution < -0.4 is 9.64 Å². The van der Waals surface area contributed by atoms with Crippen LogP contribution in [0.3, 0.4) is 0 Å². The lowest BCUT2D eigenvalue weighted by molar-refractivity contribution is 0.489. The van der Waals surface area contributed by atoms with Gasteiger partial charge in [-0.2, -0.15) is 0 Å². The SMILES string of the molecule is c1ccc(-c2ccc(N(c3ccc(-c4ccccc4)cc3)c3ccc(-c4cccc5c4Oc4ccc(-c6ccccc6)cc4-c4ccccc4-5)cc3)cc2)cc1. The second-order valence-electron chi connectivity index (χ2n) is 14.1. The molecule has 0 aromatic heterocycles. The predicted octanol–water partition coefficient (Wildman–Crippen LogP) is 15.3. The highest BCUT2D eigenvalue weighted by Gasteiger charge is 2.24. The zero-order valence-electron chi connectivity index (χ0n) is 30.7. The molecule has 0 aliphatic carbocycles. The van der Waals surface area contributed by atoms with Crippen LogP contribution in [0.15, 0.2) is 224 Å². The minimum Gasteiger partial charge on any atom is -0.455 e. The van der Waals surface area contributed by atoms with Gasteiger partial charge in [0.25, 0.3) is 0 Å². The van der Waals surface area contributed by atoms with E-state index in [2.05, 4.69) is 229 Å². The monoisotopic (exact) mass is 715 g/mol. The van der Waals surface area contributed by atoms with Gasteiger partial charge in [-0.05, 0) is 98.6 Å². The van der Waals surface area contributed by atoms with Gasteiger partial charge >= 0.3 is 0 Å². The zero-order valence-corrected chi connectivity index (χ0v) is 30.7. The van der Waals surface area contributed by atoms with E-state index in [1.54, 1.807) is 0 Å². The van der Waals surface area contributed by atoms with Crippen LogP contribution in [0.25, 0.3) is 66.8 Å². The highest BCUT2D eigenvalue weighted by Crippen LogP contribution is 2.51. The molecule has 0 bridgehead atoms. The van der Waals surface area contributed by atoms with Crippen molar-refractivity contribution in [2.75, 3.05) is 4.90 Å². The molecule has 9 aromatic carbocycles. The molecule has 0 spiro atoms. The largest absolute Gasteiger partial charge is 0.455 e. The molecular weight excluding hydrogens is 679 g/mol. The molecule has 1 heterocycles. The molecule has 0 saturated heterocycles. The van der Waals surface area contributed by atoms with Gasteiger partial charge in [0.15, 0.2) is 0 Å². The third-order valence-electron chi connectivity index (χ3n) is 10.7. The number of hydrogen-bond donors (Lipinski definition) is 0. The van der Waals surface area contributed by atoms with E-state index in [0.717, 1.165) is 56.4 Å². The van der Waals surface area contributed by atoms with Crippen LogP contribution >= 0.6 is 0 Å². The van der Waals surface area contributed by atoms with Crippen LogP contribution in [-0.2, 0) is 0 Å². The van der Waals surface area contributed by atoms with E-state index in [1.807, 2.05) is 0 Å². The van der Waals surface area contributed by atoms with Crippen molar-refractivity contribution in [3.05, 3.63) is 224 Å². The van der Waals surface area contributed by atoms with Gasteiger partial charge in [0.05, 0.1) is 0 Å². The van der Waals surface area contributed by atoms with E-state index in [-0.39, 0.29) is 0 Å². The van der Waals surface area contributed by atoms with Crippen LogP contribution in [-0.4, -0.2) is 0 Å². The number of para-hydroxylation sites is 1. The van der Waals surface area contributed by atoms with Gasteiger partial charge < -0.3 is 9.64 Å². The summed E-state index contributed by atoms with van der Waals surface area (Å²) >= 11 is 0. The van der Waals surface area contributed by atoms with Crippen molar-refractivity contribution in [1.82, 2.24) is 0 Å². The Labute approximate surface area is 328 Å². The highest BCUT2D eigenvalue weighted by molar-refractivity contribution is 5.95. The second-order valence-corrected chi connectivity index (χ2v) is 14.1. The Morgan fingerprint density at radius 3 is 1.14 bits per heavy atom. The third kappa shape index (κ3) is 6.24. The van der Waals surface area contributed by atoms with Gasteiger partial charge in [-0.3, -0.25) is 0 Å². The summed E-state index contributed by atoms with van der Waals surface area (Å²) in [5.74, 6) is 1.72. The summed E-state index contributed by atoms with van der Waals surface area (Å²) in [5.41, 5.74) is 17.0. The van der Waals surface area contributed by atoms with E-state index in [0.29, 0.717) is 0 Å². The number of anilines is 3. The number of hydrogen-bond acceptors (Lipinski definition) is 2. The Bertz CT molecular complexity index is 2690. The maximum absolute atomic E-state index is 6.96. The minimum absolute atomic E-state index is 0.851. The summed E-state index contributed by atoms with van der Waals surface area (Å²) in [6.45, 7) is 0. The molecule has 0 amide bonds. The van der Waals surface area contributed by atoms with E-state index >= 15 is 0 Å². The van der Waals surface area contributed by atoms with Crippen LogP contribution in [0.4, 0.5) is 17.1 Å². The first-order valence-corrected chi connectivity index (χ1v) is 19.1. The minimum atomic E-state index is 0.851. The number of benzene rings is 9.